The summed E-state index contributed by atoms with van der Waals surface area (Å²) in [6.45, 7) is 0.0407. The molecule has 0 saturated heterocycles. The molecule has 18 heavy (non-hydrogen) atoms. The molecule has 1 unspecified atom stereocenters. The van der Waals surface area contributed by atoms with E-state index in [0.717, 1.165) is 0 Å². The van der Waals surface area contributed by atoms with E-state index < -0.39 is 11.9 Å². The summed E-state index contributed by atoms with van der Waals surface area (Å²) >= 11 is 0. The van der Waals surface area contributed by atoms with E-state index in [-0.39, 0.29) is 23.8 Å². The Morgan fingerprint density at radius 3 is 2.50 bits per heavy atom. The standard InChI is InChI=1S/C13H13NO4/c1-14-7-10(13(17)18-2)11(15)8-5-3-4-6-9(8)12(14)16/h3-6,10H,7H2,1-2H3. The largest absolute Gasteiger partial charge is 0.468 e. The smallest absolute Gasteiger partial charge is 0.318 e. The number of ketones is 1. The van der Waals surface area contributed by atoms with Crippen LogP contribution in [0.15, 0.2) is 24.3 Å². The number of esters is 1. The van der Waals surface area contributed by atoms with E-state index in [9.17, 15) is 14.4 Å². The minimum Gasteiger partial charge on any atom is -0.468 e. The summed E-state index contributed by atoms with van der Waals surface area (Å²) in [4.78, 5) is 37.3. The van der Waals surface area contributed by atoms with Crippen molar-refractivity contribution in [2.75, 3.05) is 20.7 Å². The maximum atomic E-state index is 12.2. The number of hydrogen-bond acceptors (Lipinski definition) is 4. The summed E-state index contributed by atoms with van der Waals surface area (Å²) in [5, 5.41) is 0. The van der Waals surface area contributed by atoms with Crippen molar-refractivity contribution < 1.29 is 19.1 Å². The molecule has 0 spiro atoms. The second-order valence-electron chi connectivity index (χ2n) is 4.17. The third-order valence-electron chi connectivity index (χ3n) is 3.03. The molecule has 1 atom stereocenters. The van der Waals surface area contributed by atoms with Gasteiger partial charge in [-0.2, -0.15) is 0 Å². The lowest BCUT2D eigenvalue weighted by Crippen LogP contribution is -2.35. The number of fused-ring (bicyclic) bond motifs is 1. The molecular formula is C13H13NO4. The highest BCUT2D eigenvalue weighted by molar-refractivity contribution is 6.16. The van der Waals surface area contributed by atoms with E-state index in [4.69, 9.17) is 0 Å². The molecule has 1 aromatic rings. The van der Waals surface area contributed by atoms with Crippen LogP contribution in [0, 0.1) is 5.92 Å². The van der Waals surface area contributed by atoms with Gasteiger partial charge in [-0.05, 0) is 6.07 Å². The van der Waals surface area contributed by atoms with Crippen LogP contribution in [0.4, 0.5) is 0 Å². The summed E-state index contributed by atoms with van der Waals surface area (Å²) in [6, 6.07) is 6.51. The molecule has 0 N–H and O–H groups in total. The Bertz CT molecular complexity index is 523. The highest BCUT2D eigenvalue weighted by atomic mass is 16.5. The van der Waals surface area contributed by atoms with Gasteiger partial charge in [0.2, 0.25) is 0 Å². The van der Waals surface area contributed by atoms with E-state index in [1.54, 1.807) is 31.3 Å². The predicted molar refractivity (Wildman–Crippen MR) is 63.2 cm³/mol. The molecule has 5 heteroatoms. The second kappa shape index (κ2) is 4.60. The fourth-order valence-electron chi connectivity index (χ4n) is 2.04. The van der Waals surface area contributed by atoms with Gasteiger partial charge in [-0.25, -0.2) is 0 Å². The molecule has 0 aliphatic carbocycles. The summed E-state index contributed by atoms with van der Waals surface area (Å²) < 4.78 is 4.62. The van der Waals surface area contributed by atoms with Gasteiger partial charge < -0.3 is 9.64 Å². The quantitative estimate of drug-likeness (QED) is 0.542. The van der Waals surface area contributed by atoms with Gasteiger partial charge in [0.15, 0.2) is 5.78 Å². The number of amides is 1. The van der Waals surface area contributed by atoms with Crippen LogP contribution in [-0.4, -0.2) is 43.3 Å². The fourth-order valence-corrected chi connectivity index (χ4v) is 2.04. The first kappa shape index (κ1) is 12.3. The maximum absolute atomic E-state index is 12.2. The van der Waals surface area contributed by atoms with Crippen molar-refractivity contribution in [2.24, 2.45) is 5.92 Å². The first-order chi connectivity index (χ1) is 8.56. The summed E-state index contributed by atoms with van der Waals surface area (Å²) in [5.74, 6) is -2.19. The molecule has 1 aliphatic heterocycles. The van der Waals surface area contributed by atoms with E-state index >= 15 is 0 Å². The molecule has 1 heterocycles. The van der Waals surface area contributed by atoms with Crippen LogP contribution in [-0.2, 0) is 9.53 Å². The molecule has 0 bridgehead atoms. The number of benzene rings is 1. The van der Waals surface area contributed by atoms with Crippen LogP contribution < -0.4 is 0 Å². The highest BCUT2D eigenvalue weighted by Gasteiger charge is 2.36. The number of ether oxygens (including phenoxy) is 1. The van der Waals surface area contributed by atoms with Crippen molar-refractivity contribution in [3.05, 3.63) is 35.4 Å². The van der Waals surface area contributed by atoms with Crippen LogP contribution in [0.25, 0.3) is 0 Å². The normalized spacial score (nSPS) is 19.2. The third-order valence-corrected chi connectivity index (χ3v) is 3.03. The number of rotatable bonds is 1. The van der Waals surface area contributed by atoms with Gasteiger partial charge in [-0.15, -0.1) is 0 Å². The Balaban J connectivity index is 2.53. The molecule has 5 nitrogen and oxygen atoms in total. The van der Waals surface area contributed by atoms with Crippen molar-refractivity contribution in [1.82, 2.24) is 4.90 Å². The van der Waals surface area contributed by atoms with Gasteiger partial charge >= 0.3 is 5.97 Å². The van der Waals surface area contributed by atoms with Crippen molar-refractivity contribution >= 4 is 17.7 Å². The molecule has 0 saturated carbocycles. The van der Waals surface area contributed by atoms with Crippen LogP contribution in [0.5, 0.6) is 0 Å². The van der Waals surface area contributed by atoms with Gasteiger partial charge in [0.1, 0.15) is 5.92 Å². The number of Topliss-reactive ketones (excluding diaryl/α,β-unsaturated/α-hetero) is 1. The van der Waals surface area contributed by atoms with Crippen LogP contribution >= 0.6 is 0 Å². The lowest BCUT2D eigenvalue weighted by molar-refractivity contribution is -0.143. The minimum absolute atomic E-state index is 0.0407. The van der Waals surface area contributed by atoms with E-state index in [0.29, 0.717) is 5.56 Å². The first-order valence-corrected chi connectivity index (χ1v) is 5.52. The van der Waals surface area contributed by atoms with Crippen LogP contribution in [0.2, 0.25) is 0 Å². The molecule has 1 aliphatic rings. The lowest BCUT2D eigenvalue weighted by Gasteiger charge is -2.17. The predicted octanol–water partition coefficient (Wildman–Crippen LogP) is 0.744. The molecule has 0 radical (unpaired) electrons. The average Bonchev–Trinajstić information content (AvgIpc) is 2.49. The van der Waals surface area contributed by atoms with Crippen molar-refractivity contribution in [1.29, 1.82) is 0 Å². The maximum Gasteiger partial charge on any atom is 0.318 e. The van der Waals surface area contributed by atoms with Gasteiger partial charge in [0, 0.05) is 19.2 Å². The Morgan fingerprint density at radius 2 is 1.89 bits per heavy atom. The summed E-state index contributed by atoms with van der Waals surface area (Å²) in [6.07, 6.45) is 0. The number of carbonyl (C=O) groups is 3. The van der Waals surface area contributed by atoms with Crippen molar-refractivity contribution in [2.45, 2.75) is 0 Å². The monoisotopic (exact) mass is 247 g/mol. The van der Waals surface area contributed by atoms with Crippen LogP contribution in [0.3, 0.4) is 0 Å². The second-order valence-corrected chi connectivity index (χ2v) is 4.17. The molecule has 1 aromatic carbocycles. The van der Waals surface area contributed by atoms with E-state index in [1.807, 2.05) is 0 Å². The molecular weight excluding hydrogens is 234 g/mol. The van der Waals surface area contributed by atoms with Gasteiger partial charge in [-0.1, -0.05) is 18.2 Å². The highest BCUT2D eigenvalue weighted by Crippen LogP contribution is 2.22. The number of carbonyl (C=O) groups excluding carboxylic acids is 3. The first-order valence-electron chi connectivity index (χ1n) is 5.52. The molecule has 1 amide bonds. The van der Waals surface area contributed by atoms with Gasteiger partial charge in [-0.3, -0.25) is 14.4 Å². The third kappa shape index (κ3) is 1.88. The Morgan fingerprint density at radius 1 is 1.28 bits per heavy atom. The zero-order valence-corrected chi connectivity index (χ0v) is 10.2. The number of methoxy groups -OCH3 is 1. The molecule has 0 fully saturated rings. The van der Waals surface area contributed by atoms with E-state index in [1.165, 1.54) is 12.0 Å². The zero-order valence-electron chi connectivity index (χ0n) is 10.2. The Hall–Kier alpha value is -2.17. The number of hydrogen-bond donors (Lipinski definition) is 0. The number of nitrogens with zero attached hydrogens (tertiary/aromatic N) is 1. The van der Waals surface area contributed by atoms with Gasteiger partial charge in [0.25, 0.3) is 5.91 Å². The minimum atomic E-state index is -0.951. The summed E-state index contributed by atoms with van der Waals surface area (Å²) in [7, 11) is 2.79. The summed E-state index contributed by atoms with van der Waals surface area (Å²) in [5.41, 5.74) is 0.610. The Kier molecular flexibility index (Phi) is 3.14. The zero-order chi connectivity index (χ0) is 13.3. The molecule has 94 valence electrons. The van der Waals surface area contributed by atoms with Crippen molar-refractivity contribution in [3.63, 3.8) is 0 Å². The molecule has 0 aromatic heterocycles. The Labute approximate surface area is 104 Å². The lowest BCUT2D eigenvalue weighted by atomic mass is 9.96. The van der Waals surface area contributed by atoms with Crippen molar-refractivity contribution in [3.8, 4) is 0 Å². The average molecular weight is 247 g/mol. The topological polar surface area (TPSA) is 63.7 Å². The van der Waals surface area contributed by atoms with Gasteiger partial charge in [0.05, 0.1) is 12.7 Å². The van der Waals surface area contributed by atoms with E-state index in [2.05, 4.69) is 4.74 Å². The fraction of sp³-hybridized carbons (Fsp3) is 0.308. The molecule has 2 rings (SSSR count). The SMILES string of the molecule is COC(=O)C1CN(C)C(=O)c2ccccc2C1=O. The van der Waals surface area contributed by atoms with Crippen LogP contribution in [0.1, 0.15) is 20.7 Å².